The third kappa shape index (κ3) is 13.9. The number of carbonyl (C=O) groups is 8. The molecule has 2 aliphatic heterocycles. The summed E-state index contributed by atoms with van der Waals surface area (Å²) < 4.78 is 11.3. The maximum atomic E-state index is 14.1. The average molecular weight is 813 g/mol. The van der Waals surface area contributed by atoms with Crippen molar-refractivity contribution in [3.63, 3.8) is 0 Å². The SMILES string of the molecule is O=C1CNC(=O)CNC(=O)CNC(=O)CNC(=O)c2cc(ccc2COc2ccccc2)NC(=O)[C@@H]2CCCN2C(=O)[C@@H](NC(=O)OCc2ccccc2)CCCCN1. The fourth-order valence-electron chi connectivity index (χ4n) is 6.31. The predicted octanol–water partition coefficient (Wildman–Crippen LogP) is 0.869. The van der Waals surface area contributed by atoms with Gasteiger partial charge in [0, 0.05) is 29.9 Å². The second-order valence-corrected chi connectivity index (χ2v) is 13.8. The van der Waals surface area contributed by atoms with Crippen molar-refractivity contribution in [3.8, 4) is 5.75 Å². The van der Waals surface area contributed by atoms with Crippen molar-refractivity contribution in [2.45, 2.75) is 57.4 Å². The lowest BCUT2D eigenvalue weighted by molar-refractivity contribution is -0.138. The van der Waals surface area contributed by atoms with Crippen LogP contribution >= 0.6 is 0 Å². The van der Waals surface area contributed by atoms with Gasteiger partial charge in [-0.25, -0.2) is 4.79 Å². The predicted molar refractivity (Wildman–Crippen MR) is 212 cm³/mol. The molecule has 0 spiro atoms. The van der Waals surface area contributed by atoms with E-state index in [4.69, 9.17) is 9.47 Å². The number of para-hydroxylation sites is 1. The molecule has 1 fully saturated rings. The van der Waals surface area contributed by atoms with E-state index in [9.17, 15) is 38.4 Å². The number of alkyl carbamates (subject to hydrolysis) is 1. The van der Waals surface area contributed by atoms with E-state index in [0.717, 1.165) is 5.56 Å². The van der Waals surface area contributed by atoms with Crippen LogP contribution < -0.4 is 42.0 Å². The Kier molecular flexibility index (Phi) is 16.2. The molecule has 1 saturated heterocycles. The van der Waals surface area contributed by atoms with E-state index in [-0.39, 0.29) is 50.5 Å². The maximum absolute atomic E-state index is 14.1. The Balaban J connectivity index is 1.34. The van der Waals surface area contributed by atoms with Crippen molar-refractivity contribution in [3.05, 3.63) is 95.6 Å². The Labute approximate surface area is 340 Å². The third-order valence-corrected chi connectivity index (χ3v) is 9.39. The van der Waals surface area contributed by atoms with Crippen LogP contribution in [0.3, 0.4) is 0 Å². The first-order valence-corrected chi connectivity index (χ1v) is 19.3. The highest BCUT2D eigenvalue weighted by atomic mass is 16.5. The molecule has 312 valence electrons. The van der Waals surface area contributed by atoms with Crippen LogP contribution in [0.2, 0.25) is 0 Å². The molecule has 3 aromatic carbocycles. The van der Waals surface area contributed by atoms with Crippen molar-refractivity contribution in [2.75, 3.05) is 44.6 Å². The van der Waals surface area contributed by atoms with E-state index < -0.39 is 79.2 Å². The molecule has 0 aliphatic carbocycles. The van der Waals surface area contributed by atoms with Gasteiger partial charge in [-0.1, -0.05) is 54.6 Å². The molecule has 0 unspecified atom stereocenters. The molecule has 7 N–H and O–H groups in total. The largest absolute Gasteiger partial charge is 0.489 e. The Morgan fingerprint density at radius 3 is 1.98 bits per heavy atom. The highest BCUT2D eigenvalue weighted by molar-refractivity contribution is 6.02. The summed E-state index contributed by atoms with van der Waals surface area (Å²) in [6, 6.07) is 20.6. The zero-order valence-corrected chi connectivity index (χ0v) is 32.4. The topological polar surface area (TPSA) is 242 Å². The van der Waals surface area contributed by atoms with Gasteiger partial charge in [0.15, 0.2) is 0 Å². The fourth-order valence-corrected chi connectivity index (χ4v) is 6.31. The first-order chi connectivity index (χ1) is 28.5. The van der Waals surface area contributed by atoms with E-state index in [0.29, 0.717) is 37.0 Å². The number of nitrogens with zero attached hydrogens (tertiary/aromatic N) is 1. The zero-order chi connectivity index (χ0) is 42.0. The molecule has 59 heavy (non-hydrogen) atoms. The van der Waals surface area contributed by atoms with Gasteiger partial charge in [-0.3, -0.25) is 33.6 Å². The number of carbonyl (C=O) groups excluding carboxylic acids is 8. The number of hydrogen-bond donors (Lipinski definition) is 7. The Morgan fingerprint density at radius 2 is 1.31 bits per heavy atom. The summed E-state index contributed by atoms with van der Waals surface area (Å²) in [5.41, 5.74) is 1.53. The van der Waals surface area contributed by atoms with Gasteiger partial charge < -0.3 is 51.6 Å². The summed E-state index contributed by atoms with van der Waals surface area (Å²) in [6.07, 6.45) is 1.01. The second-order valence-electron chi connectivity index (χ2n) is 13.8. The van der Waals surface area contributed by atoms with Gasteiger partial charge in [-0.2, -0.15) is 0 Å². The highest BCUT2D eigenvalue weighted by Crippen LogP contribution is 2.24. The normalized spacial score (nSPS) is 19.3. The smallest absolute Gasteiger partial charge is 0.408 e. The minimum atomic E-state index is -1.06. The molecule has 18 nitrogen and oxygen atoms in total. The quantitative estimate of drug-likeness (QED) is 0.185. The molecule has 2 atom stereocenters. The van der Waals surface area contributed by atoms with Crippen LogP contribution in [0.5, 0.6) is 5.75 Å². The zero-order valence-electron chi connectivity index (χ0n) is 32.4. The second kappa shape index (κ2) is 22.1. The van der Waals surface area contributed by atoms with Crippen LogP contribution in [0.1, 0.15) is 53.6 Å². The van der Waals surface area contributed by atoms with Crippen molar-refractivity contribution in [1.82, 2.24) is 36.8 Å². The number of ether oxygens (including phenoxy) is 2. The standard InChI is InChI=1S/C41H48N8O10/c50-34-21-43-35(51)22-44-36(52)23-45-37(53)24-46-38(54)31-20-29(17-16-28(31)26-58-30-12-5-2-6-13-30)47-39(55)33-15-9-19-49(33)40(56)32(14-7-8-18-42-34)48-41(57)59-25-27-10-3-1-4-11-27/h1-6,10-13,16-17,20,32-33H,7-9,14-15,18-19,21-26H2,(H,42,50)(H,43,51)(H,44,52)(H,45,53)(H,46,54)(H,47,55)(H,48,57)/t32-,33-/m0/s1. The molecular formula is C41H48N8O10. The summed E-state index contributed by atoms with van der Waals surface area (Å²) in [4.78, 5) is 105. The van der Waals surface area contributed by atoms with Gasteiger partial charge in [-0.05, 0) is 61.9 Å². The maximum Gasteiger partial charge on any atom is 0.408 e. The summed E-state index contributed by atoms with van der Waals surface area (Å²) in [5, 5.41) is 17.8. The van der Waals surface area contributed by atoms with E-state index in [1.807, 2.05) is 12.1 Å². The summed E-state index contributed by atoms with van der Waals surface area (Å²) in [5.74, 6) is -3.61. The molecule has 2 heterocycles. The lowest BCUT2D eigenvalue weighted by atomic mass is 10.1. The van der Waals surface area contributed by atoms with Gasteiger partial charge in [0.25, 0.3) is 5.91 Å². The third-order valence-electron chi connectivity index (χ3n) is 9.39. The van der Waals surface area contributed by atoms with Crippen molar-refractivity contribution in [1.29, 1.82) is 0 Å². The molecule has 5 rings (SSSR count). The van der Waals surface area contributed by atoms with Gasteiger partial charge in [0.05, 0.1) is 26.2 Å². The molecule has 0 radical (unpaired) electrons. The van der Waals surface area contributed by atoms with E-state index in [1.54, 1.807) is 60.7 Å². The minimum Gasteiger partial charge on any atom is -0.489 e. The lowest BCUT2D eigenvalue weighted by Crippen LogP contribution is -2.52. The van der Waals surface area contributed by atoms with Gasteiger partial charge in [0.2, 0.25) is 35.4 Å². The van der Waals surface area contributed by atoms with Gasteiger partial charge in [-0.15, -0.1) is 0 Å². The fraction of sp³-hybridized carbons (Fsp3) is 0.366. The van der Waals surface area contributed by atoms with E-state index >= 15 is 0 Å². The average Bonchev–Trinajstić information content (AvgIpc) is 3.75. The summed E-state index contributed by atoms with van der Waals surface area (Å²) in [6.45, 7) is -1.40. The number of fused-ring (bicyclic) bond motifs is 3. The van der Waals surface area contributed by atoms with Gasteiger partial charge >= 0.3 is 6.09 Å². The first-order valence-electron chi connectivity index (χ1n) is 19.3. The number of rotatable bonds is 6. The highest BCUT2D eigenvalue weighted by Gasteiger charge is 2.38. The first kappa shape index (κ1) is 43.1. The molecule has 2 bridgehead atoms. The molecule has 2 aliphatic rings. The van der Waals surface area contributed by atoms with Crippen LogP contribution in [0.15, 0.2) is 78.9 Å². The number of nitrogens with one attached hydrogen (secondary N) is 7. The van der Waals surface area contributed by atoms with Crippen LogP contribution in [0.4, 0.5) is 10.5 Å². The Morgan fingerprint density at radius 1 is 0.678 bits per heavy atom. The number of benzene rings is 3. The Hall–Kier alpha value is -6.98. The summed E-state index contributed by atoms with van der Waals surface area (Å²) >= 11 is 0. The van der Waals surface area contributed by atoms with Crippen LogP contribution in [0, 0.1) is 0 Å². The monoisotopic (exact) mass is 812 g/mol. The minimum absolute atomic E-state index is 0.0261. The Bertz CT molecular complexity index is 1980. The molecule has 3 aromatic rings. The number of amides is 8. The molecular weight excluding hydrogens is 764 g/mol. The summed E-state index contributed by atoms with van der Waals surface area (Å²) in [7, 11) is 0. The van der Waals surface area contributed by atoms with Crippen LogP contribution in [0.25, 0.3) is 0 Å². The number of hydrogen-bond acceptors (Lipinski definition) is 10. The lowest BCUT2D eigenvalue weighted by Gasteiger charge is -2.28. The molecule has 18 heteroatoms. The van der Waals surface area contributed by atoms with E-state index in [2.05, 4.69) is 37.2 Å². The molecule has 0 saturated carbocycles. The molecule has 0 aromatic heterocycles. The van der Waals surface area contributed by atoms with Crippen molar-refractivity contribution < 1.29 is 47.8 Å². The van der Waals surface area contributed by atoms with Crippen molar-refractivity contribution >= 4 is 53.1 Å². The van der Waals surface area contributed by atoms with Crippen LogP contribution in [-0.4, -0.2) is 104 Å². The van der Waals surface area contributed by atoms with Gasteiger partial charge in [0.1, 0.15) is 31.0 Å². The van der Waals surface area contributed by atoms with E-state index in [1.165, 1.54) is 11.0 Å². The van der Waals surface area contributed by atoms with Crippen LogP contribution in [-0.2, 0) is 46.7 Å². The number of anilines is 1. The van der Waals surface area contributed by atoms with Crippen molar-refractivity contribution in [2.24, 2.45) is 0 Å². The molecule has 8 amide bonds.